The van der Waals surface area contributed by atoms with Gasteiger partial charge in [-0.25, -0.2) is 0 Å². The van der Waals surface area contributed by atoms with Crippen LogP contribution in [0.15, 0.2) is 42.5 Å². The second kappa shape index (κ2) is 5.96. The molecule has 0 amide bonds. The van der Waals surface area contributed by atoms with Crippen molar-refractivity contribution >= 4 is 25.7 Å². The summed E-state index contributed by atoms with van der Waals surface area (Å²) in [6.07, 6.45) is 0.842. The average molecular weight is 246 g/mol. The first kappa shape index (κ1) is 12.3. The highest BCUT2D eigenvalue weighted by molar-refractivity contribution is 6.51. The van der Waals surface area contributed by atoms with Crippen molar-refractivity contribution < 1.29 is 9.16 Å². The molecular weight excluding hydrogens is 228 g/mol. The van der Waals surface area contributed by atoms with Gasteiger partial charge in [0.05, 0.1) is 0 Å². The fraction of sp³-hybridized carbons (Fsp3) is 0.286. The maximum Gasteiger partial charge on any atom is 0.196 e. The lowest BCUT2D eigenvalue weighted by atomic mass is 10.1. The van der Waals surface area contributed by atoms with Gasteiger partial charge in [0.1, 0.15) is 6.29 Å². The Labute approximate surface area is 104 Å². The molecule has 0 aliphatic rings. The van der Waals surface area contributed by atoms with Crippen LogP contribution in [0, 0.1) is 0 Å². The van der Waals surface area contributed by atoms with E-state index in [2.05, 4.69) is 49.4 Å². The quantitative estimate of drug-likeness (QED) is 0.593. The van der Waals surface area contributed by atoms with E-state index >= 15 is 0 Å². The summed E-state index contributed by atoms with van der Waals surface area (Å²) in [4.78, 5) is 0. The lowest BCUT2D eigenvalue weighted by Gasteiger charge is -2.15. The molecule has 3 heteroatoms. The van der Waals surface area contributed by atoms with E-state index in [9.17, 15) is 0 Å². The standard InChI is InChI=1S/C14H18O2Si/c1-3-14(15-2)16-17-13-10-6-8-11-7-4-5-9-12(11)13/h4-10,14H,3,17H2,1-2H3. The molecule has 2 aromatic rings. The van der Waals surface area contributed by atoms with Crippen LogP contribution in [-0.4, -0.2) is 23.2 Å². The largest absolute Gasteiger partial charge is 0.394 e. The molecule has 0 aliphatic heterocycles. The minimum absolute atomic E-state index is 0.0550. The molecule has 0 saturated carbocycles. The fourth-order valence-electron chi connectivity index (χ4n) is 1.95. The average Bonchev–Trinajstić information content (AvgIpc) is 2.40. The molecule has 0 fully saturated rings. The van der Waals surface area contributed by atoms with Gasteiger partial charge in [-0.15, -0.1) is 0 Å². The van der Waals surface area contributed by atoms with E-state index < -0.39 is 9.76 Å². The molecule has 2 rings (SSSR count). The summed E-state index contributed by atoms with van der Waals surface area (Å²) in [5.41, 5.74) is 0. The summed E-state index contributed by atoms with van der Waals surface area (Å²) < 4.78 is 11.1. The first-order valence-corrected chi connectivity index (χ1v) is 7.24. The third-order valence-electron chi connectivity index (χ3n) is 2.90. The summed E-state index contributed by atoms with van der Waals surface area (Å²) in [6, 6.07) is 14.8. The fourth-order valence-corrected chi connectivity index (χ4v) is 3.40. The second-order valence-electron chi connectivity index (χ2n) is 4.02. The Bertz CT molecular complexity index is 475. The normalized spacial score (nSPS) is 13.5. The predicted octanol–water partition coefficient (Wildman–Crippen LogP) is 1.95. The van der Waals surface area contributed by atoms with E-state index in [1.165, 1.54) is 16.0 Å². The number of ether oxygens (including phenoxy) is 1. The van der Waals surface area contributed by atoms with Gasteiger partial charge in [0.15, 0.2) is 9.76 Å². The van der Waals surface area contributed by atoms with Crippen molar-refractivity contribution in [2.45, 2.75) is 19.6 Å². The van der Waals surface area contributed by atoms with E-state index in [1.54, 1.807) is 7.11 Å². The second-order valence-corrected chi connectivity index (χ2v) is 5.41. The van der Waals surface area contributed by atoms with Gasteiger partial charge in [0, 0.05) is 7.11 Å². The molecule has 2 nitrogen and oxygen atoms in total. The Hall–Kier alpha value is -1.16. The number of benzene rings is 2. The maximum atomic E-state index is 5.85. The lowest BCUT2D eigenvalue weighted by molar-refractivity contribution is -0.0525. The van der Waals surface area contributed by atoms with Crippen molar-refractivity contribution in [1.29, 1.82) is 0 Å². The number of fused-ring (bicyclic) bond motifs is 1. The molecule has 2 aromatic carbocycles. The molecule has 1 unspecified atom stereocenters. The van der Waals surface area contributed by atoms with Crippen LogP contribution >= 0.6 is 0 Å². The van der Waals surface area contributed by atoms with Crippen LogP contribution in [0.3, 0.4) is 0 Å². The molecular formula is C14H18O2Si. The van der Waals surface area contributed by atoms with Gasteiger partial charge in [-0.2, -0.15) is 0 Å². The Kier molecular flexibility index (Phi) is 4.31. The van der Waals surface area contributed by atoms with Gasteiger partial charge < -0.3 is 9.16 Å². The zero-order valence-electron chi connectivity index (χ0n) is 10.3. The minimum Gasteiger partial charge on any atom is -0.394 e. The van der Waals surface area contributed by atoms with Crippen LogP contribution < -0.4 is 5.19 Å². The number of hydrogen-bond donors (Lipinski definition) is 0. The molecule has 1 atom stereocenters. The molecule has 0 radical (unpaired) electrons. The molecule has 0 spiro atoms. The minimum atomic E-state index is -0.728. The number of rotatable bonds is 5. The lowest BCUT2D eigenvalue weighted by Crippen LogP contribution is -2.25. The van der Waals surface area contributed by atoms with Crippen molar-refractivity contribution in [1.82, 2.24) is 0 Å². The summed E-state index contributed by atoms with van der Waals surface area (Å²) in [6.45, 7) is 2.08. The first-order chi connectivity index (χ1) is 8.35. The Morgan fingerprint density at radius 3 is 2.65 bits per heavy atom. The summed E-state index contributed by atoms with van der Waals surface area (Å²) in [7, 11) is 0.972. The molecule has 0 bridgehead atoms. The highest BCUT2D eigenvalue weighted by Gasteiger charge is 2.06. The molecule has 0 heterocycles. The first-order valence-electron chi connectivity index (χ1n) is 5.96. The zero-order chi connectivity index (χ0) is 12.1. The van der Waals surface area contributed by atoms with E-state index in [0.29, 0.717) is 0 Å². The third kappa shape index (κ3) is 2.94. The van der Waals surface area contributed by atoms with Gasteiger partial charge >= 0.3 is 0 Å². The van der Waals surface area contributed by atoms with Gasteiger partial charge in [-0.3, -0.25) is 0 Å². The molecule has 90 valence electrons. The van der Waals surface area contributed by atoms with Crippen molar-refractivity contribution in [2.24, 2.45) is 0 Å². The van der Waals surface area contributed by atoms with Crippen molar-refractivity contribution in [2.75, 3.05) is 7.11 Å². The highest BCUT2D eigenvalue weighted by Crippen LogP contribution is 2.10. The third-order valence-corrected chi connectivity index (χ3v) is 4.37. The van der Waals surface area contributed by atoms with Crippen molar-refractivity contribution in [3.05, 3.63) is 42.5 Å². The SMILES string of the molecule is CCC(OC)O[SiH2]c1cccc2ccccc12. The van der Waals surface area contributed by atoms with Crippen LogP contribution in [0.5, 0.6) is 0 Å². The van der Waals surface area contributed by atoms with Gasteiger partial charge in [-0.1, -0.05) is 49.4 Å². The molecule has 0 N–H and O–H groups in total. The summed E-state index contributed by atoms with van der Waals surface area (Å²) >= 11 is 0. The Balaban J connectivity index is 2.18. The van der Waals surface area contributed by atoms with E-state index in [4.69, 9.17) is 9.16 Å². The zero-order valence-corrected chi connectivity index (χ0v) is 11.8. The molecule has 0 aromatic heterocycles. The number of hydrogen-bond acceptors (Lipinski definition) is 2. The van der Waals surface area contributed by atoms with Crippen LogP contribution in [0.4, 0.5) is 0 Å². The van der Waals surface area contributed by atoms with Crippen molar-refractivity contribution in [3.63, 3.8) is 0 Å². The smallest absolute Gasteiger partial charge is 0.196 e. The Morgan fingerprint density at radius 2 is 1.88 bits per heavy atom. The van der Waals surface area contributed by atoms with Crippen molar-refractivity contribution in [3.8, 4) is 0 Å². The van der Waals surface area contributed by atoms with Gasteiger partial charge in [0.2, 0.25) is 0 Å². The molecule has 17 heavy (non-hydrogen) atoms. The van der Waals surface area contributed by atoms with Crippen LogP contribution in [0.25, 0.3) is 10.8 Å². The monoisotopic (exact) mass is 246 g/mol. The van der Waals surface area contributed by atoms with Crippen LogP contribution in [0.1, 0.15) is 13.3 Å². The van der Waals surface area contributed by atoms with Crippen LogP contribution in [-0.2, 0) is 9.16 Å². The number of methoxy groups -OCH3 is 1. The topological polar surface area (TPSA) is 18.5 Å². The predicted molar refractivity (Wildman–Crippen MR) is 74.3 cm³/mol. The van der Waals surface area contributed by atoms with E-state index in [-0.39, 0.29) is 6.29 Å². The van der Waals surface area contributed by atoms with E-state index in [1.807, 2.05) is 0 Å². The van der Waals surface area contributed by atoms with E-state index in [0.717, 1.165) is 6.42 Å². The molecule has 0 saturated heterocycles. The Morgan fingerprint density at radius 1 is 1.12 bits per heavy atom. The van der Waals surface area contributed by atoms with Gasteiger partial charge in [0.25, 0.3) is 0 Å². The summed E-state index contributed by atoms with van der Waals surface area (Å²) in [5.74, 6) is 0. The highest BCUT2D eigenvalue weighted by atomic mass is 28.2. The maximum absolute atomic E-state index is 5.85. The van der Waals surface area contributed by atoms with Crippen LogP contribution in [0.2, 0.25) is 0 Å². The molecule has 0 aliphatic carbocycles. The van der Waals surface area contributed by atoms with Gasteiger partial charge in [-0.05, 0) is 22.4 Å². The summed E-state index contributed by atoms with van der Waals surface area (Å²) in [5, 5.41) is 3.94.